The van der Waals surface area contributed by atoms with Crippen LogP contribution in [-0.4, -0.2) is 72.7 Å². The Bertz CT molecular complexity index is 256. The maximum absolute atomic E-state index is 11.6. The van der Waals surface area contributed by atoms with Gasteiger partial charge < -0.3 is 15.3 Å². The summed E-state index contributed by atoms with van der Waals surface area (Å²) in [5.74, 6) is -0.640. The standard InChI is InChI=1S/C11H21N3O2/c1-13-6-8-14(9-7-13)11(10(15)16)2-4-12-5-3-11/h12H,2-9H2,1H3,(H,15,16). The number of hydrogen-bond donors (Lipinski definition) is 2. The van der Waals surface area contributed by atoms with Crippen molar-refractivity contribution in [1.29, 1.82) is 0 Å². The summed E-state index contributed by atoms with van der Waals surface area (Å²) in [4.78, 5) is 16.0. The third-order valence-electron chi connectivity index (χ3n) is 3.94. The topological polar surface area (TPSA) is 55.8 Å². The van der Waals surface area contributed by atoms with E-state index in [1.54, 1.807) is 0 Å². The second kappa shape index (κ2) is 4.69. The molecule has 0 radical (unpaired) electrons. The van der Waals surface area contributed by atoms with E-state index in [0.717, 1.165) is 52.1 Å². The van der Waals surface area contributed by atoms with Crippen molar-refractivity contribution < 1.29 is 9.90 Å². The first kappa shape index (κ1) is 11.8. The van der Waals surface area contributed by atoms with Crippen molar-refractivity contribution >= 4 is 5.97 Å². The minimum Gasteiger partial charge on any atom is -0.480 e. The average Bonchev–Trinajstić information content (AvgIpc) is 2.30. The minimum absolute atomic E-state index is 0.605. The van der Waals surface area contributed by atoms with Crippen LogP contribution in [0.15, 0.2) is 0 Å². The quantitative estimate of drug-likeness (QED) is 0.662. The van der Waals surface area contributed by atoms with E-state index < -0.39 is 11.5 Å². The van der Waals surface area contributed by atoms with Crippen LogP contribution in [0.4, 0.5) is 0 Å². The van der Waals surface area contributed by atoms with E-state index >= 15 is 0 Å². The van der Waals surface area contributed by atoms with E-state index in [1.807, 2.05) is 0 Å². The molecule has 0 aromatic carbocycles. The number of piperidine rings is 1. The van der Waals surface area contributed by atoms with Gasteiger partial charge in [-0.25, -0.2) is 0 Å². The molecule has 2 saturated heterocycles. The van der Waals surface area contributed by atoms with Gasteiger partial charge in [0.1, 0.15) is 5.54 Å². The molecule has 0 spiro atoms. The summed E-state index contributed by atoms with van der Waals surface area (Å²) in [6.07, 6.45) is 1.46. The smallest absolute Gasteiger partial charge is 0.324 e. The second-order valence-electron chi connectivity index (χ2n) is 4.88. The van der Waals surface area contributed by atoms with Gasteiger partial charge in [-0.15, -0.1) is 0 Å². The number of piperazine rings is 1. The van der Waals surface area contributed by atoms with Gasteiger partial charge in [0.25, 0.3) is 0 Å². The molecule has 2 heterocycles. The molecule has 0 aromatic heterocycles. The van der Waals surface area contributed by atoms with Gasteiger partial charge in [0.15, 0.2) is 0 Å². The first-order valence-electron chi connectivity index (χ1n) is 6.03. The largest absolute Gasteiger partial charge is 0.480 e. The van der Waals surface area contributed by atoms with Gasteiger partial charge in [-0.3, -0.25) is 9.69 Å². The second-order valence-corrected chi connectivity index (χ2v) is 4.88. The van der Waals surface area contributed by atoms with Crippen molar-refractivity contribution in [3.8, 4) is 0 Å². The Balaban J connectivity index is 2.09. The summed E-state index contributed by atoms with van der Waals surface area (Å²) in [5.41, 5.74) is -0.605. The highest BCUT2D eigenvalue weighted by atomic mass is 16.4. The van der Waals surface area contributed by atoms with Crippen molar-refractivity contribution in [2.75, 3.05) is 46.3 Å². The van der Waals surface area contributed by atoms with Crippen LogP contribution in [-0.2, 0) is 4.79 Å². The molecule has 0 aromatic rings. The number of hydrogen-bond acceptors (Lipinski definition) is 4. The number of carbonyl (C=O) groups is 1. The monoisotopic (exact) mass is 227 g/mol. The molecule has 0 aliphatic carbocycles. The number of likely N-dealkylation sites (N-methyl/N-ethyl adjacent to an activating group) is 1. The van der Waals surface area contributed by atoms with E-state index in [2.05, 4.69) is 22.2 Å². The van der Waals surface area contributed by atoms with Gasteiger partial charge in [0, 0.05) is 26.2 Å². The maximum Gasteiger partial charge on any atom is 0.324 e. The van der Waals surface area contributed by atoms with Crippen molar-refractivity contribution in [3.05, 3.63) is 0 Å². The van der Waals surface area contributed by atoms with Crippen LogP contribution in [0.2, 0.25) is 0 Å². The molecule has 0 bridgehead atoms. The molecule has 0 amide bonds. The number of nitrogens with zero attached hydrogens (tertiary/aromatic N) is 2. The molecule has 0 saturated carbocycles. The first-order valence-corrected chi connectivity index (χ1v) is 6.03. The fourth-order valence-corrected chi connectivity index (χ4v) is 2.74. The zero-order chi connectivity index (χ0) is 11.6. The van der Waals surface area contributed by atoms with E-state index in [4.69, 9.17) is 0 Å². The molecule has 5 heteroatoms. The maximum atomic E-state index is 11.6. The summed E-state index contributed by atoms with van der Waals surface area (Å²) in [6.45, 7) is 5.34. The Morgan fingerprint density at radius 3 is 2.25 bits per heavy atom. The van der Waals surface area contributed by atoms with Crippen LogP contribution < -0.4 is 5.32 Å². The fraction of sp³-hybridized carbons (Fsp3) is 0.909. The Morgan fingerprint density at radius 1 is 1.19 bits per heavy atom. The minimum atomic E-state index is -0.640. The van der Waals surface area contributed by atoms with Gasteiger partial charge in [-0.05, 0) is 33.0 Å². The number of aliphatic carboxylic acids is 1. The number of carboxylic acids is 1. The van der Waals surface area contributed by atoms with Gasteiger partial charge >= 0.3 is 5.97 Å². The predicted octanol–water partition coefficient (Wildman–Crippen LogP) is -0.559. The summed E-state index contributed by atoms with van der Waals surface area (Å²) in [5, 5.41) is 12.8. The molecule has 2 rings (SSSR count). The summed E-state index contributed by atoms with van der Waals surface area (Å²) >= 11 is 0. The molecule has 2 fully saturated rings. The van der Waals surface area contributed by atoms with Crippen LogP contribution in [0, 0.1) is 0 Å². The third kappa shape index (κ3) is 2.07. The molecule has 16 heavy (non-hydrogen) atoms. The van der Waals surface area contributed by atoms with Crippen LogP contribution in [0.25, 0.3) is 0 Å². The number of nitrogens with one attached hydrogen (secondary N) is 1. The highest BCUT2D eigenvalue weighted by Gasteiger charge is 2.45. The third-order valence-corrected chi connectivity index (χ3v) is 3.94. The summed E-state index contributed by atoms with van der Waals surface area (Å²) in [6, 6.07) is 0. The lowest BCUT2D eigenvalue weighted by atomic mass is 9.86. The zero-order valence-electron chi connectivity index (χ0n) is 9.91. The highest BCUT2D eigenvalue weighted by molar-refractivity contribution is 5.79. The van der Waals surface area contributed by atoms with Crippen LogP contribution in [0.3, 0.4) is 0 Å². The lowest BCUT2D eigenvalue weighted by molar-refractivity contribution is -0.155. The normalized spacial score (nSPS) is 27.8. The van der Waals surface area contributed by atoms with E-state index in [0.29, 0.717) is 0 Å². The van der Waals surface area contributed by atoms with Crippen molar-refractivity contribution in [2.45, 2.75) is 18.4 Å². The Morgan fingerprint density at radius 2 is 1.75 bits per heavy atom. The fourth-order valence-electron chi connectivity index (χ4n) is 2.74. The molecule has 2 N–H and O–H groups in total. The van der Waals surface area contributed by atoms with Gasteiger partial charge in [-0.1, -0.05) is 0 Å². The van der Waals surface area contributed by atoms with E-state index in [1.165, 1.54) is 0 Å². The lowest BCUT2D eigenvalue weighted by Crippen LogP contribution is -2.63. The van der Waals surface area contributed by atoms with Gasteiger partial charge in [-0.2, -0.15) is 0 Å². The SMILES string of the molecule is CN1CCN(C2(C(=O)O)CCNCC2)CC1. The van der Waals surface area contributed by atoms with Crippen LogP contribution in [0.5, 0.6) is 0 Å². The zero-order valence-corrected chi connectivity index (χ0v) is 9.91. The molecule has 5 nitrogen and oxygen atoms in total. The molecule has 0 unspecified atom stereocenters. The highest BCUT2D eigenvalue weighted by Crippen LogP contribution is 2.27. The van der Waals surface area contributed by atoms with E-state index in [9.17, 15) is 9.90 Å². The Labute approximate surface area is 96.4 Å². The molecule has 92 valence electrons. The van der Waals surface area contributed by atoms with Crippen molar-refractivity contribution in [2.24, 2.45) is 0 Å². The Kier molecular flexibility index (Phi) is 3.47. The molecular weight excluding hydrogens is 206 g/mol. The predicted molar refractivity (Wildman–Crippen MR) is 61.5 cm³/mol. The van der Waals surface area contributed by atoms with Gasteiger partial charge in [0.05, 0.1) is 0 Å². The average molecular weight is 227 g/mol. The molecule has 2 aliphatic rings. The number of carboxylic acid groups (broad SMARTS) is 1. The van der Waals surface area contributed by atoms with Crippen molar-refractivity contribution in [1.82, 2.24) is 15.1 Å². The Hall–Kier alpha value is -0.650. The molecule has 2 aliphatic heterocycles. The number of rotatable bonds is 2. The summed E-state index contributed by atoms with van der Waals surface area (Å²) < 4.78 is 0. The summed E-state index contributed by atoms with van der Waals surface area (Å²) in [7, 11) is 2.09. The van der Waals surface area contributed by atoms with Crippen LogP contribution >= 0.6 is 0 Å². The van der Waals surface area contributed by atoms with Crippen molar-refractivity contribution in [3.63, 3.8) is 0 Å². The van der Waals surface area contributed by atoms with E-state index in [-0.39, 0.29) is 0 Å². The van der Waals surface area contributed by atoms with Crippen LogP contribution in [0.1, 0.15) is 12.8 Å². The van der Waals surface area contributed by atoms with Gasteiger partial charge in [0.2, 0.25) is 0 Å². The molecular formula is C11H21N3O2. The molecule has 0 atom stereocenters. The lowest BCUT2D eigenvalue weighted by Gasteiger charge is -2.46. The first-order chi connectivity index (χ1) is 7.65.